The van der Waals surface area contributed by atoms with Crippen LogP contribution in [0.15, 0.2) is 24.5 Å². The molecule has 1 aromatic heterocycles. The van der Waals surface area contributed by atoms with Gasteiger partial charge < -0.3 is 10.2 Å². The molecule has 1 amide bonds. The number of carbonyl (C=O) groups is 1. The van der Waals surface area contributed by atoms with Gasteiger partial charge in [0.15, 0.2) is 0 Å². The molecule has 1 saturated carbocycles. The number of pyridine rings is 1. The zero-order valence-corrected chi connectivity index (χ0v) is 12.8. The summed E-state index contributed by atoms with van der Waals surface area (Å²) in [5.41, 5.74) is 1.23. The van der Waals surface area contributed by atoms with Gasteiger partial charge in [0.05, 0.1) is 0 Å². The van der Waals surface area contributed by atoms with Crippen molar-refractivity contribution in [3.8, 4) is 0 Å². The van der Waals surface area contributed by atoms with Crippen molar-refractivity contribution in [2.75, 3.05) is 13.1 Å². The van der Waals surface area contributed by atoms with Crippen LogP contribution in [0.5, 0.6) is 0 Å². The summed E-state index contributed by atoms with van der Waals surface area (Å²) in [5, 5.41) is 3.67. The van der Waals surface area contributed by atoms with Crippen molar-refractivity contribution in [2.24, 2.45) is 5.92 Å². The SMILES string of the molecule is C[C@@H](NC1CCN(C(=O)C2CCC2)CC1)c1cccnc1. The molecule has 1 aliphatic carbocycles. The van der Waals surface area contributed by atoms with E-state index in [-0.39, 0.29) is 0 Å². The Hall–Kier alpha value is -1.42. The van der Waals surface area contributed by atoms with E-state index in [4.69, 9.17) is 0 Å². The van der Waals surface area contributed by atoms with Crippen LogP contribution in [0.25, 0.3) is 0 Å². The maximum atomic E-state index is 12.2. The van der Waals surface area contributed by atoms with Gasteiger partial charge in [0.25, 0.3) is 0 Å². The number of hydrogen-bond donors (Lipinski definition) is 1. The molecule has 1 N–H and O–H groups in total. The molecule has 1 aliphatic heterocycles. The molecule has 3 rings (SSSR count). The normalized spacial score (nSPS) is 21.9. The van der Waals surface area contributed by atoms with Gasteiger partial charge in [-0.25, -0.2) is 0 Å². The third kappa shape index (κ3) is 3.43. The van der Waals surface area contributed by atoms with Gasteiger partial charge in [-0.05, 0) is 44.2 Å². The summed E-state index contributed by atoms with van der Waals surface area (Å²) in [6.07, 6.45) is 9.29. The number of carbonyl (C=O) groups excluding carboxylic acids is 1. The van der Waals surface area contributed by atoms with Crippen LogP contribution in [-0.2, 0) is 4.79 Å². The van der Waals surface area contributed by atoms with Gasteiger partial charge in [0, 0.05) is 43.5 Å². The van der Waals surface area contributed by atoms with Gasteiger partial charge in [-0.1, -0.05) is 12.5 Å². The topological polar surface area (TPSA) is 45.2 Å². The zero-order valence-electron chi connectivity index (χ0n) is 12.8. The average molecular weight is 287 g/mol. The molecule has 4 heteroatoms. The number of amides is 1. The quantitative estimate of drug-likeness (QED) is 0.925. The fourth-order valence-electron chi connectivity index (χ4n) is 3.26. The van der Waals surface area contributed by atoms with Crippen LogP contribution in [0.1, 0.15) is 50.6 Å². The second-order valence-electron chi connectivity index (χ2n) is 6.40. The molecule has 1 aromatic rings. The average Bonchev–Trinajstić information content (AvgIpc) is 2.47. The number of aromatic nitrogens is 1. The Balaban J connectivity index is 1.46. The van der Waals surface area contributed by atoms with E-state index in [9.17, 15) is 4.79 Å². The second-order valence-corrected chi connectivity index (χ2v) is 6.40. The summed E-state index contributed by atoms with van der Waals surface area (Å²) in [6, 6.07) is 4.91. The molecular weight excluding hydrogens is 262 g/mol. The minimum Gasteiger partial charge on any atom is -0.342 e. The van der Waals surface area contributed by atoms with Crippen molar-refractivity contribution < 1.29 is 4.79 Å². The number of nitrogens with one attached hydrogen (secondary N) is 1. The van der Waals surface area contributed by atoms with Gasteiger partial charge in [-0.15, -0.1) is 0 Å². The van der Waals surface area contributed by atoms with E-state index in [1.54, 1.807) is 6.20 Å². The molecule has 0 unspecified atom stereocenters. The monoisotopic (exact) mass is 287 g/mol. The highest BCUT2D eigenvalue weighted by atomic mass is 16.2. The van der Waals surface area contributed by atoms with Crippen LogP contribution in [0, 0.1) is 5.92 Å². The molecule has 0 radical (unpaired) electrons. The van der Waals surface area contributed by atoms with Gasteiger partial charge in [0.1, 0.15) is 0 Å². The molecular formula is C17H25N3O. The van der Waals surface area contributed by atoms with Crippen LogP contribution in [0.4, 0.5) is 0 Å². The fraction of sp³-hybridized carbons (Fsp3) is 0.647. The van der Waals surface area contributed by atoms with Crippen LogP contribution < -0.4 is 5.32 Å². The Morgan fingerprint density at radius 2 is 2.10 bits per heavy atom. The standard InChI is InChI=1S/C17H25N3O/c1-13(15-6-3-9-18-12-15)19-16-7-10-20(11-8-16)17(21)14-4-2-5-14/h3,6,9,12-14,16,19H,2,4-5,7-8,10-11H2,1H3/t13-/m1/s1. The molecule has 4 nitrogen and oxygen atoms in total. The summed E-state index contributed by atoms with van der Waals surface area (Å²) >= 11 is 0. The fourth-order valence-corrected chi connectivity index (χ4v) is 3.26. The first-order valence-electron chi connectivity index (χ1n) is 8.19. The minimum absolute atomic E-state index is 0.317. The van der Waals surface area contributed by atoms with Crippen molar-refractivity contribution in [1.82, 2.24) is 15.2 Å². The lowest BCUT2D eigenvalue weighted by molar-refractivity contribution is -0.139. The number of nitrogens with zero attached hydrogens (tertiary/aromatic N) is 2. The first-order valence-corrected chi connectivity index (χ1v) is 8.19. The largest absolute Gasteiger partial charge is 0.342 e. The third-order valence-corrected chi connectivity index (χ3v) is 4.93. The van der Waals surface area contributed by atoms with Gasteiger partial charge >= 0.3 is 0 Å². The summed E-state index contributed by atoms with van der Waals surface area (Å²) in [7, 11) is 0. The number of likely N-dealkylation sites (tertiary alicyclic amines) is 1. The number of piperidine rings is 1. The highest BCUT2D eigenvalue weighted by Gasteiger charge is 2.31. The highest BCUT2D eigenvalue weighted by molar-refractivity contribution is 5.79. The minimum atomic E-state index is 0.317. The molecule has 1 saturated heterocycles. The molecule has 0 bridgehead atoms. The Bertz CT molecular complexity index is 464. The van der Waals surface area contributed by atoms with E-state index in [1.165, 1.54) is 12.0 Å². The first kappa shape index (κ1) is 14.5. The maximum Gasteiger partial charge on any atom is 0.225 e. The van der Waals surface area contributed by atoms with Crippen molar-refractivity contribution in [3.63, 3.8) is 0 Å². The van der Waals surface area contributed by atoms with E-state index < -0.39 is 0 Å². The van der Waals surface area contributed by atoms with Gasteiger partial charge in [-0.3, -0.25) is 9.78 Å². The lowest BCUT2D eigenvalue weighted by atomic mass is 9.84. The van der Waals surface area contributed by atoms with E-state index in [2.05, 4.69) is 28.2 Å². The lowest BCUT2D eigenvalue weighted by Crippen LogP contribution is -2.48. The van der Waals surface area contributed by atoms with Crippen molar-refractivity contribution in [3.05, 3.63) is 30.1 Å². The lowest BCUT2D eigenvalue weighted by Gasteiger charge is -2.37. The molecule has 2 heterocycles. The number of hydrogen-bond acceptors (Lipinski definition) is 3. The van der Waals surface area contributed by atoms with Gasteiger partial charge in [0.2, 0.25) is 5.91 Å². The van der Waals surface area contributed by atoms with Crippen molar-refractivity contribution in [2.45, 2.75) is 51.1 Å². The van der Waals surface area contributed by atoms with Crippen LogP contribution in [-0.4, -0.2) is 34.9 Å². The Labute approximate surface area is 126 Å². The van der Waals surface area contributed by atoms with E-state index in [0.717, 1.165) is 38.8 Å². The van der Waals surface area contributed by atoms with E-state index >= 15 is 0 Å². The molecule has 2 aliphatic rings. The maximum absolute atomic E-state index is 12.2. The smallest absolute Gasteiger partial charge is 0.225 e. The van der Waals surface area contributed by atoms with Gasteiger partial charge in [-0.2, -0.15) is 0 Å². The molecule has 114 valence electrons. The highest BCUT2D eigenvalue weighted by Crippen LogP contribution is 2.29. The third-order valence-electron chi connectivity index (χ3n) is 4.93. The summed E-state index contributed by atoms with van der Waals surface area (Å²) in [5.74, 6) is 0.740. The van der Waals surface area contributed by atoms with E-state index in [1.807, 2.05) is 12.3 Å². The molecule has 2 fully saturated rings. The summed E-state index contributed by atoms with van der Waals surface area (Å²) < 4.78 is 0. The molecule has 21 heavy (non-hydrogen) atoms. The number of rotatable bonds is 4. The van der Waals surface area contributed by atoms with Crippen molar-refractivity contribution >= 4 is 5.91 Å². The summed E-state index contributed by atoms with van der Waals surface area (Å²) in [6.45, 7) is 4.00. The Morgan fingerprint density at radius 3 is 2.67 bits per heavy atom. The predicted octanol–water partition coefficient (Wildman–Crippen LogP) is 2.52. The van der Waals surface area contributed by atoms with Crippen LogP contribution in [0.3, 0.4) is 0 Å². The first-order chi connectivity index (χ1) is 10.2. The van der Waals surface area contributed by atoms with E-state index in [0.29, 0.717) is 23.9 Å². The second kappa shape index (κ2) is 6.56. The Kier molecular flexibility index (Phi) is 4.54. The summed E-state index contributed by atoms with van der Waals surface area (Å²) in [4.78, 5) is 18.5. The van der Waals surface area contributed by atoms with Crippen molar-refractivity contribution in [1.29, 1.82) is 0 Å². The zero-order chi connectivity index (χ0) is 14.7. The molecule has 0 spiro atoms. The Morgan fingerprint density at radius 1 is 1.33 bits per heavy atom. The van der Waals surface area contributed by atoms with Crippen LogP contribution >= 0.6 is 0 Å². The molecule has 1 atom stereocenters. The predicted molar refractivity (Wildman–Crippen MR) is 82.7 cm³/mol. The van der Waals surface area contributed by atoms with Crippen LogP contribution in [0.2, 0.25) is 0 Å². The molecule has 0 aromatic carbocycles.